The minimum absolute atomic E-state index is 0.0135. The molecule has 8 heteroatoms. The Hall–Kier alpha value is -2.61. The van der Waals surface area contributed by atoms with Gasteiger partial charge in [0.15, 0.2) is 11.6 Å². The molecule has 1 aromatic carbocycles. The number of hydrogen-bond acceptors (Lipinski definition) is 5. The second-order valence-corrected chi connectivity index (χ2v) is 7.42. The third-order valence-electron chi connectivity index (χ3n) is 5.62. The highest BCUT2D eigenvalue weighted by Crippen LogP contribution is 2.44. The molecule has 1 unspecified atom stereocenters. The number of ether oxygens (including phenoxy) is 1. The number of piperidine rings is 1. The molecule has 1 aliphatic carbocycles. The summed E-state index contributed by atoms with van der Waals surface area (Å²) in [6, 6.07) is 0.988. The smallest absolute Gasteiger partial charge is 0.341 e. The molecule has 1 aliphatic heterocycles. The number of nitrogens with one attached hydrogen (secondary N) is 1. The maximum Gasteiger partial charge on any atom is 0.341 e. The van der Waals surface area contributed by atoms with E-state index < -0.39 is 29.8 Å². The molecule has 0 amide bonds. The van der Waals surface area contributed by atoms with Crippen molar-refractivity contribution in [3.63, 3.8) is 0 Å². The molecular weight excluding hydrogens is 365 g/mol. The number of aromatic carboxylic acids is 1. The van der Waals surface area contributed by atoms with Crippen LogP contribution in [0.1, 0.15) is 46.2 Å². The van der Waals surface area contributed by atoms with Gasteiger partial charge >= 0.3 is 5.97 Å². The molecular formula is C20H24FN3O4. The summed E-state index contributed by atoms with van der Waals surface area (Å²) in [5.74, 6) is -2.48. The lowest BCUT2D eigenvalue weighted by molar-refractivity contribution is 0.0695. The Balaban J connectivity index is 2.04. The number of carbonyl (C=O) groups is 1. The fourth-order valence-electron chi connectivity index (χ4n) is 4.04. The van der Waals surface area contributed by atoms with Crippen molar-refractivity contribution in [2.24, 2.45) is 0 Å². The summed E-state index contributed by atoms with van der Waals surface area (Å²) in [6.45, 7) is 0.940. The number of nitrogens with zero attached hydrogens (tertiary/aromatic N) is 2. The maximum atomic E-state index is 15.4. The number of carboxylic acids is 1. The minimum Gasteiger partial charge on any atom is -0.492 e. The van der Waals surface area contributed by atoms with Gasteiger partial charge in [0.2, 0.25) is 5.43 Å². The van der Waals surface area contributed by atoms with Crippen LogP contribution in [0, 0.1) is 5.82 Å². The fraction of sp³-hybridized carbons (Fsp3) is 0.500. The number of benzene rings is 1. The lowest BCUT2D eigenvalue weighted by Gasteiger charge is -2.35. The van der Waals surface area contributed by atoms with E-state index in [1.165, 1.54) is 6.20 Å². The highest BCUT2D eigenvalue weighted by molar-refractivity contribution is 5.97. The van der Waals surface area contributed by atoms with Gasteiger partial charge in [-0.25, -0.2) is 9.18 Å². The van der Waals surface area contributed by atoms with E-state index in [-0.39, 0.29) is 34.4 Å². The van der Waals surface area contributed by atoms with Gasteiger partial charge in [-0.2, -0.15) is 0 Å². The van der Waals surface area contributed by atoms with Crippen molar-refractivity contribution in [2.75, 3.05) is 32.1 Å². The SMILES string of the molecule is [2H]C([2H])([2H])Oc1c(N2CCCC(NC)C2)c(F)cc2c(=O)c(C(=O)O)cn(C3CC3)c12. The number of fused-ring (bicyclic) bond motifs is 1. The van der Waals surface area contributed by atoms with Gasteiger partial charge in [-0.3, -0.25) is 4.79 Å². The molecule has 150 valence electrons. The average molecular weight is 392 g/mol. The normalized spacial score (nSPS) is 21.9. The molecule has 0 spiro atoms. The van der Waals surface area contributed by atoms with Crippen molar-refractivity contribution in [3.8, 4) is 5.75 Å². The molecule has 0 bridgehead atoms. The van der Waals surface area contributed by atoms with Gasteiger partial charge in [0.05, 0.1) is 22.1 Å². The topological polar surface area (TPSA) is 83.8 Å². The first-order valence-electron chi connectivity index (χ1n) is 10.9. The van der Waals surface area contributed by atoms with Gasteiger partial charge in [-0.05, 0) is 38.8 Å². The lowest BCUT2D eigenvalue weighted by Crippen LogP contribution is -2.45. The number of hydrogen-bond donors (Lipinski definition) is 2. The standard InChI is InChI=1S/C20H24FN3O4/c1-22-11-4-3-7-23(9-11)17-15(21)8-13-16(19(17)28-2)24(12-5-6-12)10-14(18(13)25)20(26)27/h8,10-12,22H,3-7,9H2,1-2H3,(H,26,27)/i2D3. The quantitative estimate of drug-likeness (QED) is 0.813. The molecule has 0 radical (unpaired) electrons. The number of methoxy groups -OCH3 is 1. The Morgan fingerprint density at radius 1 is 1.43 bits per heavy atom. The number of likely N-dealkylation sites (N-methyl/N-ethyl adjacent to an activating group) is 1. The summed E-state index contributed by atoms with van der Waals surface area (Å²) in [6.07, 6.45) is 4.35. The van der Waals surface area contributed by atoms with Crippen LogP contribution in [-0.4, -0.2) is 48.9 Å². The molecule has 1 aromatic heterocycles. The zero-order chi connectivity index (χ0) is 22.5. The van der Waals surface area contributed by atoms with E-state index in [1.807, 2.05) is 7.05 Å². The van der Waals surface area contributed by atoms with E-state index in [0.717, 1.165) is 31.7 Å². The summed E-state index contributed by atoms with van der Waals surface area (Å²) in [4.78, 5) is 26.2. The van der Waals surface area contributed by atoms with Crippen LogP contribution in [0.5, 0.6) is 5.75 Å². The van der Waals surface area contributed by atoms with E-state index in [2.05, 4.69) is 5.32 Å². The van der Waals surface area contributed by atoms with Gasteiger partial charge < -0.3 is 24.6 Å². The van der Waals surface area contributed by atoms with Crippen LogP contribution in [0.3, 0.4) is 0 Å². The van der Waals surface area contributed by atoms with Crippen LogP contribution in [0.15, 0.2) is 17.1 Å². The zero-order valence-electron chi connectivity index (χ0n) is 18.5. The van der Waals surface area contributed by atoms with E-state index in [4.69, 9.17) is 8.85 Å². The van der Waals surface area contributed by atoms with Gasteiger partial charge in [-0.1, -0.05) is 0 Å². The number of halogens is 1. The Labute approximate surface area is 165 Å². The van der Waals surface area contributed by atoms with Crippen LogP contribution in [0.2, 0.25) is 0 Å². The van der Waals surface area contributed by atoms with Crippen LogP contribution >= 0.6 is 0 Å². The van der Waals surface area contributed by atoms with Crippen molar-refractivity contribution < 1.29 is 23.1 Å². The first-order valence-corrected chi connectivity index (χ1v) is 9.36. The second kappa shape index (κ2) is 7.09. The molecule has 2 aliphatic rings. The number of anilines is 1. The summed E-state index contributed by atoms with van der Waals surface area (Å²) in [5, 5.41) is 12.4. The molecule has 2 fully saturated rings. The lowest BCUT2D eigenvalue weighted by atomic mass is 10.0. The number of aromatic nitrogens is 1. The first kappa shape index (κ1) is 15.3. The van der Waals surface area contributed by atoms with E-state index in [9.17, 15) is 14.7 Å². The summed E-state index contributed by atoms with van der Waals surface area (Å²) in [5.41, 5.74) is -1.25. The molecule has 1 saturated carbocycles. The van der Waals surface area contributed by atoms with Crippen molar-refractivity contribution in [1.82, 2.24) is 9.88 Å². The number of pyridine rings is 1. The Kier molecular flexibility index (Phi) is 3.88. The van der Waals surface area contributed by atoms with E-state index >= 15 is 4.39 Å². The predicted octanol–water partition coefficient (Wildman–Crippen LogP) is 2.37. The molecule has 2 N–H and O–H groups in total. The molecule has 7 nitrogen and oxygen atoms in total. The Bertz CT molecular complexity index is 1100. The second-order valence-electron chi connectivity index (χ2n) is 7.42. The molecule has 28 heavy (non-hydrogen) atoms. The third-order valence-corrected chi connectivity index (χ3v) is 5.62. The Morgan fingerprint density at radius 2 is 2.21 bits per heavy atom. The van der Waals surface area contributed by atoms with Crippen LogP contribution in [-0.2, 0) is 0 Å². The number of rotatable bonds is 5. The fourth-order valence-corrected chi connectivity index (χ4v) is 4.04. The average Bonchev–Trinajstić information content (AvgIpc) is 3.52. The maximum absolute atomic E-state index is 15.4. The highest BCUT2D eigenvalue weighted by Gasteiger charge is 2.32. The Morgan fingerprint density at radius 3 is 2.86 bits per heavy atom. The summed E-state index contributed by atoms with van der Waals surface area (Å²) >= 11 is 0. The van der Waals surface area contributed by atoms with Crippen LogP contribution in [0.25, 0.3) is 10.9 Å². The molecule has 2 heterocycles. The highest BCUT2D eigenvalue weighted by atomic mass is 19.1. The monoisotopic (exact) mass is 392 g/mol. The van der Waals surface area contributed by atoms with Gasteiger partial charge in [-0.15, -0.1) is 0 Å². The van der Waals surface area contributed by atoms with E-state index in [0.29, 0.717) is 13.1 Å². The van der Waals surface area contributed by atoms with Crippen LogP contribution < -0.4 is 20.4 Å². The first-order chi connectivity index (χ1) is 14.6. The summed E-state index contributed by atoms with van der Waals surface area (Å²) < 4.78 is 45.2. The molecule has 4 rings (SSSR count). The van der Waals surface area contributed by atoms with Crippen molar-refractivity contribution >= 4 is 22.6 Å². The van der Waals surface area contributed by atoms with Gasteiger partial charge in [0.25, 0.3) is 0 Å². The molecule has 2 aromatic rings. The van der Waals surface area contributed by atoms with Gasteiger partial charge in [0.1, 0.15) is 11.3 Å². The summed E-state index contributed by atoms with van der Waals surface area (Å²) in [7, 11) is -1.08. The van der Waals surface area contributed by atoms with Crippen molar-refractivity contribution in [3.05, 3.63) is 33.9 Å². The number of carboxylic acid groups (broad SMARTS) is 1. The van der Waals surface area contributed by atoms with E-state index in [1.54, 1.807) is 9.47 Å². The van der Waals surface area contributed by atoms with Gasteiger partial charge in [0, 0.05) is 31.4 Å². The zero-order valence-corrected chi connectivity index (χ0v) is 15.5. The molecule has 1 atom stereocenters. The van der Waals surface area contributed by atoms with Crippen molar-refractivity contribution in [1.29, 1.82) is 0 Å². The van der Waals surface area contributed by atoms with Crippen molar-refractivity contribution in [2.45, 2.75) is 37.8 Å². The predicted molar refractivity (Wildman–Crippen MR) is 104 cm³/mol. The molecule has 1 saturated heterocycles. The van der Waals surface area contributed by atoms with Crippen LogP contribution in [0.4, 0.5) is 10.1 Å². The largest absolute Gasteiger partial charge is 0.492 e. The third kappa shape index (κ3) is 3.01. The minimum atomic E-state index is -2.89.